The Morgan fingerprint density at radius 3 is 2.50 bits per heavy atom. The van der Waals surface area contributed by atoms with Gasteiger partial charge in [-0.1, -0.05) is 0 Å². The molecule has 0 aromatic heterocycles. The summed E-state index contributed by atoms with van der Waals surface area (Å²) in [4.78, 5) is 25.7. The van der Waals surface area contributed by atoms with Crippen LogP contribution in [-0.4, -0.2) is 54.9 Å². The molecule has 0 aliphatic carbocycles. The molecule has 1 aromatic carbocycles. The number of rotatable bonds is 2. The van der Waals surface area contributed by atoms with Crippen LogP contribution in [0.15, 0.2) is 24.3 Å². The Labute approximate surface area is 115 Å². The van der Waals surface area contributed by atoms with Crippen molar-refractivity contribution in [3.8, 4) is 0 Å². The first-order valence-corrected chi connectivity index (χ1v) is 6.11. The van der Waals surface area contributed by atoms with Crippen molar-refractivity contribution in [3.63, 3.8) is 0 Å². The monoisotopic (exact) mass is 282 g/mol. The molecule has 108 valence electrons. The maximum Gasteiger partial charge on any atom is 0.407 e. The Bertz CT molecular complexity index is 506. The van der Waals surface area contributed by atoms with E-state index in [0.29, 0.717) is 12.2 Å². The van der Waals surface area contributed by atoms with Gasteiger partial charge in [-0.2, -0.15) is 0 Å². The second-order valence-electron chi connectivity index (χ2n) is 4.44. The third-order valence-corrected chi connectivity index (χ3v) is 3.28. The van der Waals surface area contributed by atoms with Gasteiger partial charge in [-0.25, -0.2) is 14.0 Å². The van der Waals surface area contributed by atoms with Gasteiger partial charge in [0, 0.05) is 18.8 Å². The van der Waals surface area contributed by atoms with E-state index in [4.69, 9.17) is 9.84 Å². The van der Waals surface area contributed by atoms with Crippen molar-refractivity contribution in [2.45, 2.75) is 6.04 Å². The smallest absolute Gasteiger partial charge is 0.407 e. The van der Waals surface area contributed by atoms with Crippen molar-refractivity contribution in [1.29, 1.82) is 0 Å². The number of amides is 1. The Balaban J connectivity index is 2.24. The van der Waals surface area contributed by atoms with E-state index in [1.165, 1.54) is 24.1 Å². The van der Waals surface area contributed by atoms with Gasteiger partial charge in [0.25, 0.3) is 0 Å². The summed E-state index contributed by atoms with van der Waals surface area (Å²) in [5.74, 6) is -0.882. The lowest BCUT2D eigenvalue weighted by atomic mass is 10.1. The molecular formula is C13H15FN2O4. The van der Waals surface area contributed by atoms with Gasteiger partial charge in [-0.15, -0.1) is 0 Å². The van der Waals surface area contributed by atoms with Gasteiger partial charge in [0.15, 0.2) is 0 Å². The number of carbonyl (C=O) groups excluding carboxylic acids is 1. The summed E-state index contributed by atoms with van der Waals surface area (Å²) >= 11 is 0. The Hall–Kier alpha value is -2.31. The summed E-state index contributed by atoms with van der Waals surface area (Å²) in [5, 5.41) is 9.01. The zero-order chi connectivity index (χ0) is 14.7. The molecule has 1 aliphatic heterocycles. The van der Waals surface area contributed by atoms with Crippen LogP contribution in [0.4, 0.5) is 14.9 Å². The van der Waals surface area contributed by atoms with Crippen LogP contribution in [0.2, 0.25) is 0 Å². The van der Waals surface area contributed by atoms with E-state index in [0.717, 1.165) is 0 Å². The van der Waals surface area contributed by atoms with Gasteiger partial charge < -0.3 is 19.6 Å². The van der Waals surface area contributed by atoms with Crippen molar-refractivity contribution in [2.75, 3.05) is 31.6 Å². The van der Waals surface area contributed by atoms with E-state index < -0.39 is 18.1 Å². The van der Waals surface area contributed by atoms with Crippen molar-refractivity contribution in [1.82, 2.24) is 4.90 Å². The number of piperazine rings is 1. The Morgan fingerprint density at radius 2 is 1.95 bits per heavy atom. The third-order valence-electron chi connectivity index (χ3n) is 3.28. The molecule has 20 heavy (non-hydrogen) atoms. The highest BCUT2D eigenvalue weighted by atomic mass is 19.1. The molecular weight excluding hydrogens is 267 g/mol. The van der Waals surface area contributed by atoms with Gasteiger partial charge >= 0.3 is 12.1 Å². The van der Waals surface area contributed by atoms with Crippen LogP contribution >= 0.6 is 0 Å². The van der Waals surface area contributed by atoms with Crippen LogP contribution in [0.1, 0.15) is 0 Å². The molecule has 1 amide bonds. The van der Waals surface area contributed by atoms with Crippen LogP contribution in [0.25, 0.3) is 0 Å². The second kappa shape index (κ2) is 5.77. The summed E-state index contributed by atoms with van der Waals surface area (Å²) in [5.41, 5.74) is 0.659. The van der Waals surface area contributed by atoms with E-state index in [1.807, 2.05) is 0 Å². The zero-order valence-corrected chi connectivity index (χ0v) is 11.0. The number of hydrogen-bond donors (Lipinski definition) is 1. The number of ether oxygens (including phenoxy) is 1. The number of halogens is 1. The number of methoxy groups -OCH3 is 1. The first-order valence-electron chi connectivity index (χ1n) is 6.11. The van der Waals surface area contributed by atoms with E-state index in [1.54, 1.807) is 17.0 Å². The highest BCUT2D eigenvalue weighted by molar-refractivity contribution is 5.81. The van der Waals surface area contributed by atoms with E-state index in [-0.39, 0.29) is 18.9 Å². The molecule has 0 bridgehead atoms. The number of carboxylic acid groups (broad SMARTS) is 1. The minimum atomic E-state index is -1.07. The molecule has 0 spiro atoms. The topological polar surface area (TPSA) is 70.1 Å². The number of nitrogens with zero attached hydrogens (tertiary/aromatic N) is 2. The van der Waals surface area contributed by atoms with E-state index in [2.05, 4.69) is 0 Å². The molecule has 6 nitrogen and oxygen atoms in total. The molecule has 2 rings (SSSR count). The van der Waals surface area contributed by atoms with Gasteiger partial charge in [0.1, 0.15) is 11.9 Å². The van der Waals surface area contributed by atoms with Crippen LogP contribution in [0, 0.1) is 5.82 Å². The van der Waals surface area contributed by atoms with Gasteiger partial charge in [0.05, 0.1) is 13.7 Å². The number of hydrogen-bond acceptors (Lipinski definition) is 4. The minimum absolute atomic E-state index is 0.0272. The van der Waals surface area contributed by atoms with E-state index in [9.17, 15) is 14.0 Å². The molecule has 1 N–H and O–H groups in total. The number of benzene rings is 1. The van der Waals surface area contributed by atoms with E-state index >= 15 is 0 Å². The first-order chi connectivity index (χ1) is 9.52. The van der Waals surface area contributed by atoms with Crippen LogP contribution in [-0.2, 0) is 9.53 Å². The largest absolute Gasteiger partial charge is 0.467 e. The normalized spacial score (nSPS) is 18.8. The average molecular weight is 282 g/mol. The quantitative estimate of drug-likeness (QED) is 0.824. The maximum atomic E-state index is 12.9. The Morgan fingerprint density at radius 1 is 1.30 bits per heavy atom. The highest BCUT2D eigenvalue weighted by Gasteiger charge is 2.35. The highest BCUT2D eigenvalue weighted by Crippen LogP contribution is 2.22. The second-order valence-corrected chi connectivity index (χ2v) is 4.44. The lowest BCUT2D eigenvalue weighted by Gasteiger charge is -2.40. The molecule has 7 heteroatoms. The fourth-order valence-electron chi connectivity index (χ4n) is 2.24. The summed E-state index contributed by atoms with van der Waals surface area (Å²) in [6.07, 6.45) is -1.07. The van der Waals surface area contributed by atoms with Crippen LogP contribution in [0.3, 0.4) is 0 Å². The molecule has 1 saturated heterocycles. The fraction of sp³-hybridized carbons (Fsp3) is 0.385. The van der Waals surface area contributed by atoms with Crippen molar-refractivity contribution in [2.24, 2.45) is 0 Å². The summed E-state index contributed by atoms with van der Waals surface area (Å²) in [7, 11) is 1.25. The average Bonchev–Trinajstić information content (AvgIpc) is 2.46. The zero-order valence-electron chi connectivity index (χ0n) is 11.0. The van der Waals surface area contributed by atoms with Gasteiger partial charge in [-0.05, 0) is 24.3 Å². The number of anilines is 1. The molecule has 1 heterocycles. The SMILES string of the molecule is COC(=O)C1CN(C(=O)O)CCN1c1ccc(F)cc1. The molecule has 1 unspecified atom stereocenters. The molecule has 0 saturated carbocycles. The van der Waals surface area contributed by atoms with Gasteiger partial charge in [0.2, 0.25) is 0 Å². The van der Waals surface area contributed by atoms with Crippen LogP contribution in [0.5, 0.6) is 0 Å². The van der Waals surface area contributed by atoms with Crippen molar-refractivity contribution in [3.05, 3.63) is 30.1 Å². The minimum Gasteiger partial charge on any atom is -0.467 e. The molecule has 1 fully saturated rings. The number of carbonyl (C=O) groups is 2. The summed E-state index contributed by atoms with van der Waals surface area (Å²) in [6, 6.07) is 4.99. The molecule has 1 aliphatic rings. The predicted molar refractivity (Wildman–Crippen MR) is 69.1 cm³/mol. The number of esters is 1. The maximum absolute atomic E-state index is 12.9. The standard InChI is InChI=1S/C13H15FN2O4/c1-20-12(17)11-8-15(13(18)19)6-7-16(11)10-4-2-9(14)3-5-10/h2-5,11H,6-8H2,1H3,(H,18,19). The third kappa shape index (κ3) is 2.81. The molecule has 1 atom stereocenters. The van der Waals surface area contributed by atoms with Crippen LogP contribution < -0.4 is 4.90 Å². The molecule has 1 aromatic rings. The lowest BCUT2D eigenvalue weighted by molar-refractivity contribution is -0.143. The first kappa shape index (κ1) is 14.1. The molecule has 0 radical (unpaired) electrons. The lowest BCUT2D eigenvalue weighted by Crippen LogP contribution is -2.58. The summed E-state index contributed by atoms with van der Waals surface area (Å²) in [6.45, 7) is 0.650. The summed E-state index contributed by atoms with van der Waals surface area (Å²) < 4.78 is 17.7. The van der Waals surface area contributed by atoms with Crippen molar-refractivity contribution < 1.29 is 23.8 Å². The predicted octanol–water partition coefficient (Wildman–Crippen LogP) is 1.17. The fourth-order valence-corrected chi connectivity index (χ4v) is 2.24. The van der Waals surface area contributed by atoms with Crippen molar-refractivity contribution >= 4 is 17.7 Å². The van der Waals surface area contributed by atoms with Gasteiger partial charge in [-0.3, -0.25) is 0 Å². The Kier molecular flexibility index (Phi) is 4.07.